The van der Waals surface area contributed by atoms with Crippen LogP contribution in [0.2, 0.25) is 0 Å². The van der Waals surface area contributed by atoms with Crippen molar-refractivity contribution in [3.63, 3.8) is 0 Å². The standard InChI is InChI=1S/C10H8BrNO3S/c1-15-10(14)5-2-3-6-9(8(5)11)12-7(13)4-16-6/h2-3H,4H2,1H3,(H,12,13). The third kappa shape index (κ3) is 1.94. The van der Waals surface area contributed by atoms with Gasteiger partial charge >= 0.3 is 5.97 Å². The van der Waals surface area contributed by atoms with Gasteiger partial charge in [-0.05, 0) is 28.1 Å². The summed E-state index contributed by atoms with van der Waals surface area (Å²) in [6, 6.07) is 3.48. The van der Waals surface area contributed by atoms with Crippen LogP contribution in [0.4, 0.5) is 5.69 Å². The summed E-state index contributed by atoms with van der Waals surface area (Å²) in [6.07, 6.45) is 0. The minimum atomic E-state index is -0.431. The van der Waals surface area contributed by atoms with Crippen LogP contribution < -0.4 is 5.32 Å². The Morgan fingerprint density at radius 3 is 3.00 bits per heavy atom. The molecule has 4 nitrogen and oxygen atoms in total. The molecule has 0 fully saturated rings. The summed E-state index contributed by atoms with van der Waals surface area (Å²) in [6.45, 7) is 0. The van der Waals surface area contributed by atoms with Crippen LogP contribution in [0, 0.1) is 0 Å². The van der Waals surface area contributed by atoms with Gasteiger partial charge in [-0.1, -0.05) is 0 Å². The number of esters is 1. The normalized spacial score (nSPS) is 14.0. The number of hydrogen-bond acceptors (Lipinski definition) is 4. The van der Waals surface area contributed by atoms with Gasteiger partial charge in [0.1, 0.15) is 0 Å². The van der Waals surface area contributed by atoms with Gasteiger partial charge in [-0.2, -0.15) is 0 Å². The van der Waals surface area contributed by atoms with Gasteiger partial charge in [-0.25, -0.2) is 4.79 Å². The van der Waals surface area contributed by atoms with E-state index in [4.69, 9.17) is 0 Å². The molecule has 1 N–H and O–H groups in total. The average molecular weight is 302 g/mol. The number of benzene rings is 1. The Balaban J connectivity index is 2.50. The van der Waals surface area contributed by atoms with Crippen LogP contribution in [0.1, 0.15) is 10.4 Å². The maximum atomic E-state index is 11.4. The first-order chi connectivity index (χ1) is 7.63. The van der Waals surface area contributed by atoms with Crippen molar-refractivity contribution in [2.75, 3.05) is 18.2 Å². The lowest BCUT2D eigenvalue weighted by molar-refractivity contribution is -0.113. The number of methoxy groups -OCH3 is 1. The molecule has 0 spiro atoms. The maximum absolute atomic E-state index is 11.4. The largest absolute Gasteiger partial charge is 0.465 e. The van der Waals surface area contributed by atoms with Crippen LogP contribution in [-0.2, 0) is 9.53 Å². The second kappa shape index (κ2) is 4.47. The first-order valence-electron chi connectivity index (χ1n) is 4.47. The van der Waals surface area contributed by atoms with E-state index in [0.717, 1.165) is 4.90 Å². The summed E-state index contributed by atoms with van der Waals surface area (Å²) in [5.41, 5.74) is 1.05. The summed E-state index contributed by atoms with van der Waals surface area (Å²) in [7, 11) is 1.32. The van der Waals surface area contributed by atoms with E-state index in [1.54, 1.807) is 12.1 Å². The van der Waals surface area contributed by atoms with Gasteiger partial charge in [-0.15, -0.1) is 11.8 Å². The molecule has 1 aromatic rings. The van der Waals surface area contributed by atoms with E-state index in [1.165, 1.54) is 18.9 Å². The van der Waals surface area contributed by atoms with E-state index in [1.807, 2.05) is 0 Å². The fourth-order valence-electron chi connectivity index (χ4n) is 1.38. The minimum Gasteiger partial charge on any atom is -0.465 e. The number of halogens is 1. The Morgan fingerprint density at radius 1 is 1.56 bits per heavy atom. The number of rotatable bonds is 1. The van der Waals surface area contributed by atoms with E-state index in [2.05, 4.69) is 26.0 Å². The highest BCUT2D eigenvalue weighted by atomic mass is 79.9. The van der Waals surface area contributed by atoms with Crippen molar-refractivity contribution in [2.24, 2.45) is 0 Å². The van der Waals surface area contributed by atoms with Crippen LogP contribution in [0.25, 0.3) is 0 Å². The van der Waals surface area contributed by atoms with Crippen LogP contribution >= 0.6 is 27.7 Å². The highest BCUT2D eigenvalue weighted by molar-refractivity contribution is 9.10. The number of carbonyl (C=O) groups is 2. The number of anilines is 1. The third-order valence-corrected chi connectivity index (χ3v) is 4.01. The summed E-state index contributed by atoms with van der Waals surface area (Å²) in [5, 5.41) is 2.73. The van der Waals surface area contributed by atoms with Crippen molar-refractivity contribution in [3.05, 3.63) is 22.2 Å². The molecule has 16 heavy (non-hydrogen) atoms. The highest BCUT2D eigenvalue weighted by Crippen LogP contribution is 2.39. The zero-order chi connectivity index (χ0) is 11.7. The van der Waals surface area contributed by atoms with Gasteiger partial charge in [0, 0.05) is 4.90 Å². The SMILES string of the molecule is COC(=O)c1ccc2c(c1Br)NC(=O)CS2. The molecule has 1 heterocycles. The maximum Gasteiger partial charge on any atom is 0.339 e. The van der Waals surface area contributed by atoms with E-state index in [0.29, 0.717) is 21.5 Å². The number of nitrogens with one attached hydrogen (secondary N) is 1. The molecule has 6 heteroatoms. The summed E-state index contributed by atoms with van der Waals surface area (Å²) in [5.74, 6) is -0.100. The smallest absolute Gasteiger partial charge is 0.339 e. The molecule has 1 aromatic carbocycles. The van der Waals surface area contributed by atoms with Crippen molar-refractivity contribution >= 4 is 45.3 Å². The molecule has 1 aliphatic heterocycles. The average Bonchev–Trinajstić information content (AvgIpc) is 2.29. The number of hydrogen-bond donors (Lipinski definition) is 1. The topological polar surface area (TPSA) is 55.4 Å². The summed E-state index contributed by atoms with van der Waals surface area (Å²) >= 11 is 4.75. The first kappa shape index (κ1) is 11.5. The molecule has 0 aliphatic carbocycles. The zero-order valence-corrected chi connectivity index (χ0v) is 10.8. The predicted molar refractivity (Wildman–Crippen MR) is 64.8 cm³/mol. The molecule has 0 saturated carbocycles. The molecule has 84 valence electrons. The van der Waals surface area contributed by atoms with Gasteiger partial charge in [0.25, 0.3) is 0 Å². The lowest BCUT2D eigenvalue weighted by Crippen LogP contribution is -2.20. The number of amides is 1. The van der Waals surface area contributed by atoms with Gasteiger partial charge in [-0.3, -0.25) is 4.79 Å². The Bertz CT molecular complexity index is 475. The van der Waals surface area contributed by atoms with Crippen LogP contribution in [0.3, 0.4) is 0 Å². The van der Waals surface area contributed by atoms with Crippen LogP contribution in [0.5, 0.6) is 0 Å². The predicted octanol–water partition coefficient (Wildman–Crippen LogP) is 2.28. The number of ether oxygens (including phenoxy) is 1. The third-order valence-electron chi connectivity index (χ3n) is 2.13. The van der Waals surface area contributed by atoms with Crippen molar-refractivity contribution in [3.8, 4) is 0 Å². The molecular formula is C10H8BrNO3S. The van der Waals surface area contributed by atoms with Gasteiger partial charge in [0.15, 0.2) is 0 Å². The molecule has 0 unspecified atom stereocenters. The lowest BCUT2D eigenvalue weighted by atomic mass is 10.2. The second-order valence-corrected chi connectivity index (χ2v) is 4.94. The van der Waals surface area contributed by atoms with Crippen molar-refractivity contribution in [1.29, 1.82) is 0 Å². The van der Waals surface area contributed by atoms with E-state index in [9.17, 15) is 9.59 Å². The summed E-state index contributed by atoms with van der Waals surface area (Å²) < 4.78 is 5.21. The lowest BCUT2D eigenvalue weighted by Gasteiger charge is -2.18. The Labute approximate surface area is 105 Å². The van der Waals surface area contributed by atoms with Crippen molar-refractivity contribution in [1.82, 2.24) is 0 Å². The molecule has 0 saturated heterocycles. The molecular weight excluding hydrogens is 294 g/mol. The first-order valence-corrected chi connectivity index (χ1v) is 6.25. The summed E-state index contributed by atoms with van der Waals surface area (Å²) in [4.78, 5) is 23.6. The van der Waals surface area contributed by atoms with Gasteiger partial charge < -0.3 is 10.1 Å². The molecule has 0 aromatic heterocycles. The molecule has 1 aliphatic rings. The number of thioether (sulfide) groups is 1. The van der Waals surface area contributed by atoms with Crippen molar-refractivity contribution in [2.45, 2.75) is 4.90 Å². The minimum absolute atomic E-state index is 0.0692. The number of fused-ring (bicyclic) bond motifs is 1. The van der Waals surface area contributed by atoms with Gasteiger partial charge in [0.05, 0.1) is 28.6 Å². The van der Waals surface area contributed by atoms with Crippen molar-refractivity contribution < 1.29 is 14.3 Å². The fraction of sp³-hybridized carbons (Fsp3) is 0.200. The van der Waals surface area contributed by atoms with E-state index in [-0.39, 0.29) is 5.91 Å². The Hall–Kier alpha value is -1.01. The zero-order valence-electron chi connectivity index (χ0n) is 8.37. The molecule has 2 rings (SSSR count). The molecule has 0 atom stereocenters. The van der Waals surface area contributed by atoms with Crippen LogP contribution in [-0.4, -0.2) is 24.7 Å². The quantitative estimate of drug-likeness (QED) is 0.809. The monoisotopic (exact) mass is 301 g/mol. The Kier molecular flexibility index (Phi) is 3.20. The fourth-order valence-corrected chi connectivity index (χ4v) is 2.94. The van der Waals surface area contributed by atoms with Crippen LogP contribution in [0.15, 0.2) is 21.5 Å². The van der Waals surface area contributed by atoms with E-state index < -0.39 is 5.97 Å². The molecule has 0 bridgehead atoms. The Morgan fingerprint density at radius 2 is 2.31 bits per heavy atom. The van der Waals surface area contributed by atoms with Gasteiger partial charge in [0.2, 0.25) is 5.91 Å². The number of carbonyl (C=O) groups excluding carboxylic acids is 2. The molecule has 1 amide bonds. The molecule has 0 radical (unpaired) electrons. The highest BCUT2D eigenvalue weighted by Gasteiger charge is 2.22. The second-order valence-electron chi connectivity index (χ2n) is 3.13. The van der Waals surface area contributed by atoms with E-state index >= 15 is 0 Å².